The van der Waals surface area contributed by atoms with Crippen molar-refractivity contribution in [3.05, 3.63) is 57.8 Å². The van der Waals surface area contributed by atoms with Crippen molar-refractivity contribution in [3.8, 4) is 0 Å². The summed E-state index contributed by atoms with van der Waals surface area (Å²) in [5.41, 5.74) is 3.04. The van der Waals surface area contributed by atoms with Gasteiger partial charge in [0.15, 0.2) is 0 Å². The second-order valence-corrected chi connectivity index (χ2v) is 6.39. The molecule has 1 aliphatic heterocycles. The molecular formula is C17H19NO2S. The van der Waals surface area contributed by atoms with E-state index in [1.54, 1.807) is 23.5 Å². The molecule has 2 heterocycles. The highest BCUT2D eigenvalue weighted by molar-refractivity contribution is 7.07. The van der Waals surface area contributed by atoms with E-state index in [2.05, 4.69) is 21.7 Å². The first-order chi connectivity index (χ1) is 10.2. The average molecular weight is 301 g/mol. The molecule has 4 heteroatoms. The van der Waals surface area contributed by atoms with E-state index >= 15 is 0 Å². The van der Waals surface area contributed by atoms with Crippen LogP contribution in [0.2, 0.25) is 0 Å². The van der Waals surface area contributed by atoms with E-state index in [4.69, 9.17) is 5.11 Å². The number of aromatic carboxylic acids is 1. The maximum Gasteiger partial charge on any atom is 0.335 e. The molecule has 0 aliphatic carbocycles. The molecule has 1 N–H and O–H groups in total. The van der Waals surface area contributed by atoms with E-state index in [1.807, 2.05) is 12.1 Å². The first-order valence-corrected chi connectivity index (χ1v) is 8.23. The van der Waals surface area contributed by atoms with Gasteiger partial charge in [-0.1, -0.05) is 12.1 Å². The Hall–Kier alpha value is -1.65. The SMILES string of the molecule is O=C(O)c1ccc(CN2CCC(c3ccsc3)CC2)cc1. The van der Waals surface area contributed by atoms with Crippen molar-refractivity contribution in [2.24, 2.45) is 0 Å². The van der Waals surface area contributed by atoms with Crippen molar-refractivity contribution < 1.29 is 9.90 Å². The lowest BCUT2D eigenvalue weighted by Gasteiger charge is -2.31. The third-order valence-electron chi connectivity index (χ3n) is 4.21. The number of nitrogens with zero attached hydrogens (tertiary/aromatic N) is 1. The zero-order valence-corrected chi connectivity index (χ0v) is 12.7. The number of piperidine rings is 1. The smallest absolute Gasteiger partial charge is 0.335 e. The summed E-state index contributed by atoms with van der Waals surface area (Å²) >= 11 is 1.78. The number of carboxylic acid groups (broad SMARTS) is 1. The molecule has 0 unspecified atom stereocenters. The van der Waals surface area contributed by atoms with Gasteiger partial charge in [0.1, 0.15) is 0 Å². The summed E-state index contributed by atoms with van der Waals surface area (Å²) in [4.78, 5) is 13.3. The Morgan fingerprint density at radius 1 is 1.19 bits per heavy atom. The summed E-state index contributed by atoms with van der Waals surface area (Å²) in [6.07, 6.45) is 2.42. The fraction of sp³-hybridized carbons (Fsp3) is 0.353. The fourth-order valence-corrected chi connectivity index (χ4v) is 3.69. The standard InChI is InChI=1S/C17H19NO2S/c19-17(20)15-3-1-13(2-4-15)11-18-8-5-14(6-9-18)16-7-10-21-12-16/h1-4,7,10,12,14H,5-6,8-9,11H2,(H,19,20). The average Bonchev–Trinajstić information content (AvgIpc) is 3.03. The van der Waals surface area contributed by atoms with Gasteiger partial charge >= 0.3 is 5.97 Å². The van der Waals surface area contributed by atoms with Crippen LogP contribution in [0.1, 0.15) is 40.2 Å². The van der Waals surface area contributed by atoms with Crippen LogP contribution in [-0.4, -0.2) is 29.1 Å². The van der Waals surface area contributed by atoms with E-state index in [9.17, 15) is 4.79 Å². The first-order valence-electron chi connectivity index (χ1n) is 7.29. The lowest BCUT2D eigenvalue weighted by Crippen LogP contribution is -2.32. The quantitative estimate of drug-likeness (QED) is 0.933. The molecular weight excluding hydrogens is 282 g/mol. The molecule has 110 valence electrons. The van der Waals surface area contributed by atoms with Crippen LogP contribution in [-0.2, 0) is 6.54 Å². The maximum absolute atomic E-state index is 10.8. The topological polar surface area (TPSA) is 40.5 Å². The van der Waals surface area contributed by atoms with Crippen molar-refractivity contribution in [2.75, 3.05) is 13.1 Å². The van der Waals surface area contributed by atoms with Gasteiger partial charge in [-0.3, -0.25) is 4.90 Å². The number of carboxylic acids is 1. The number of hydrogen-bond acceptors (Lipinski definition) is 3. The zero-order valence-electron chi connectivity index (χ0n) is 11.9. The monoisotopic (exact) mass is 301 g/mol. The highest BCUT2D eigenvalue weighted by Gasteiger charge is 2.20. The van der Waals surface area contributed by atoms with Crippen LogP contribution in [0.3, 0.4) is 0 Å². The minimum atomic E-state index is -0.863. The lowest BCUT2D eigenvalue weighted by atomic mass is 9.91. The maximum atomic E-state index is 10.8. The summed E-state index contributed by atoms with van der Waals surface area (Å²) in [6.45, 7) is 3.14. The largest absolute Gasteiger partial charge is 0.478 e. The van der Waals surface area contributed by atoms with Gasteiger partial charge in [0.2, 0.25) is 0 Å². The van der Waals surface area contributed by atoms with Gasteiger partial charge in [-0.25, -0.2) is 4.79 Å². The zero-order chi connectivity index (χ0) is 14.7. The van der Waals surface area contributed by atoms with Crippen molar-refractivity contribution in [1.82, 2.24) is 4.90 Å². The minimum Gasteiger partial charge on any atom is -0.478 e. The van der Waals surface area contributed by atoms with Crippen LogP contribution in [0.15, 0.2) is 41.1 Å². The Balaban J connectivity index is 1.54. The van der Waals surface area contributed by atoms with Gasteiger partial charge in [-0.15, -0.1) is 0 Å². The molecule has 0 radical (unpaired) electrons. The molecule has 0 spiro atoms. The molecule has 1 aromatic heterocycles. The molecule has 0 amide bonds. The molecule has 3 rings (SSSR count). The normalized spacial score (nSPS) is 17.0. The predicted molar refractivity (Wildman–Crippen MR) is 85.0 cm³/mol. The Morgan fingerprint density at radius 2 is 1.90 bits per heavy atom. The van der Waals surface area contributed by atoms with E-state index in [1.165, 1.54) is 24.0 Å². The molecule has 1 aromatic carbocycles. The van der Waals surface area contributed by atoms with E-state index in [0.29, 0.717) is 11.5 Å². The molecule has 1 fully saturated rings. The summed E-state index contributed by atoms with van der Waals surface area (Å²) < 4.78 is 0. The van der Waals surface area contributed by atoms with Crippen molar-refractivity contribution in [3.63, 3.8) is 0 Å². The summed E-state index contributed by atoms with van der Waals surface area (Å²) in [6, 6.07) is 9.48. The molecule has 2 aromatic rings. The van der Waals surface area contributed by atoms with Gasteiger partial charge in [0.25, 0.3) is 0 Å². The first kappa shape index (κ1) is 14.3. The molecule has 21 heavy (non-hydrogen) atoms. The van der Waals surface area contributed by atoms with E-state index in [-0.39, 0.29) is 0 Å². The number of hydrogen-bond donors (Lipinski definition) is 1. The number of thiophene rings is 1. The van der Waals surface area contributed by atoms with Crippen LogP contribution in [0.25, 0.3) is 0 Å². The van der Waals surface area contributed by atoms with Crippen molar-refractivity contribution >= 4 is 17.3 Å². The lowest BCUT2D eigenvalue weighted by molar-refractivity contribution is 0.0697. The number of carbonyl (C=O) groups is 1. The molecule has 1 aliphatic rings. The van der Waals surface area contributed by atoms with Gasteiger partial charge in [-0.05, 0) is 71.9 Å². The minimum absolute atomic E-state index is 0.356. The van der Waals surface area contributed by atoms with E-state index < -0.39 is 5.97 Å². The van der Waals surface area contributed by atoms with Crippen LogP contribution in [0, 0.1) is 0 Å². The Bertz CT molecular complexity index is 584. The molecule has 1 saturated heterocycles. The third kappa shape index (κ3) is 3.52. The second-order valence-electron chi connectivity index (χ2n) is 5.61. The number of likely N-dealkylation sites (tertiary alicyclic amines) is 1. The van der Waals surface area contributed by atoms with E-state index in [0.717, 1.165) is 19.6 Å². The Kier molecular flexibility index (Phi) is 4.36. The molecule has 3 nitrogen and oxygen atoms in total. The summed E-state index contributed by atoms with van der Waals surface area (Å²) in [5, 5.41) is 13.3. The van der Waals surface area contributed by atoms with Crippen molar-refractivity contribution in [1.29, 1.82) is 0 Å². The number of benzene rings is 1. The summed E-state index contributed by atoms with van der Waals surface area (Å²) in [7, 11) is 0. The fourth-order valence-electron chi connectivity index (χ4n) is 2.94. The van der Waals surface area contributed by atoms with Gasteiger partial charge in [0.05, 0.1) is 5.56 Å². The van der Waals surface area contributed by atoms with Crippen molar-refractivity contribution in [2.45, 2.75) is 25.3 Å². The van der Waals surface area contributed by atoms with Gasteiger partial charge < -0.3 is 5.11 Å². The second kappa shape index (κ2) is 6.41. The van der Waals surface area contributed by atoms with Crippen LogP contribution in [0.5, 0.6) is 0 Å². The molecule has 0 bridgehead atoms. The van der Waals surface area contributed by atoms with Crippen LogP contribution < -0.4 is 0 Å². The van der Waals surface area contributed by atoms with Gasteiger partial charge in [-0.2, -0.15) is 11.3 Å². The third-order valence-corrected chi connectivity index (χ3v) is 4.91. The highest BCUT2D eigenvalue weighted by atomic mass is 32.1. The Morgan fingerprint density at radius 3 is 2.48 bits per heavy atom. The van der Waals surface area contributed by atoms with Crippen LogP contribution in [0.4, 0.5) is 0 Å². The Labute approximate surface area is 128 Å². The highest BCUT2D eigenvalue weighted by Crippen LogP contribution is 2.29. The van der Waals surface area contributed by atoms with Crippen LogP contribution >= 0.6 is 11.3 Å². The molecule has 0 atom stereocenters. The predicted octanol–water partition coefficient (Wildman–Crippen LogP) is 3.83. The molecule has 0 saturated carbocycles. The summed E-state index contributed by atoms with van der Waals surface area (Å²) in [5.74, 6) is -0.153. The number of rotatable bonds is 4. The van der Waals surface area contributed by atoms with Gasteiger partial charge in [0, 0.05) is 6.54 Å².